The first kappa shape index (κ1) is 18.7. The number of carbonyl (C=O) groups is 1. The van der Waals surface area contributed by atoms with E-state index in [9.17, 15) is 18.0 Å². The number of carboxylic acid groups (broad SMARTS) is 1. The largest absolute Gasteiger partial charge is 0.478 e. The molecule has 1 aliphatic carbocycles. The smallest absolute Gasteiger partial charge is 0.387 e. The van der Waals surface area contributed by atoms with Crippen LogP contribution in [0.2, 0.25) is 5.02 Å². The molecule has 2 N–H and O–H groups in total. The van der Waals surface area contributed by atoms with E-state index in [0.717, 1.165) is 11.6 Å². The van der Waals surface area contributed by atoms with Gasteiger partial charge in [0.05, 0.1) is 11.6 Å². The first-order valence-corrected chi connectivity index (χ1v) is 8.97. The number of ether oxygens (including phenoxy) is 1. The van der Waals surface area contributed by atoms with Crippen LogP contribution in [0.25, 0.3) is 0 Å². The number of hydrogen-bond acceptors (Lipinski definition) is 3. The summed E-state index contributed by atoms with van der Waals surface area (Å²) in [5, 5.41) is 12.4. The van der Waals surface area contributed by atoms with Gasteiger partial charge in [-0.1, -0.05) is 23.8 Å². The second-order valence-electron chi connectivity index (χ2n) is 6.76. The third-order valence-corrected chi connectivity index (χ3v) is 5.51. The zero-order chi connectivity index (χ0) is 20.0. The molecule has 0 saturated carbocycles. The number of hydrogen-bond donors (Lipinski definition) is 2. The fraction of sp³-hybridized carbons (Fsp3) is 0.250. The van der Waals surface area contributed by atoms with E-state index in [-0.39, 0.29) is 33.7 Å². The third-order valence-electron chi connectivity index (χ3n) is 5.20. The standard InChI is InChI=1S/C20H15ClF3NO3/c21-14-6-9(19(26)27)7-15(22)17(14)18-12-3-1-2-11(12)13-8-10(28-20(23)24)4-5-16(13)25-18/h1-2,4-8,11-12,18,20,25H,3H2,(H,26,27)/t11-,12+,18-/m1/s1. The van der Waals surface area contributed by atoms with E-state index in [0.29, 0.717) is 12.1 Å². The number of allylic oxidation sites excluding steroid dienone is 2. The maximum absolute atomic E-state index is 14.8. The number of benzene rings is 2. The van der Waals surface area contributed by atoms with Gasteiger partial charge in [0.15, 0.2) is 0 Å². The van der Waals surface area contributed by atoms with Crippen molar-refractivity contribution in [2.24, 2.45) is 5.92 Å². The molecule has 4 nitrogen and oxygen atoms in total. The van der Waals surface area contributed by atoms with Gasteiger partial charge in [-0.05, 0) is 48.2 Å². The molecular formula is C20H15ClF3NO3. The van der Waals surface area contributed by atoms with Crippen LogP contribution in [0.1, 0.15) is 39.9 Å². The number of nitrogens with one attached hydrogen (secondary N) is 1. The molecule has 0 bridgehead atoms. The van der Waals surface area contributed by atoms with Crippen molar-refractivity contribution in [3.05, 3.63) is 70.0 Å². The summed E-state index contributed by atoms with van der Waals surface area (Å²) in [6.45, 7) is -2.92. The van der Waals surface area contributed by atoms with Crippen molar-refractivity contribution in [3.8, 4) is 5.75 Å². The van der Waals surface area contributed by atoms with Gasteiger partial charge >= 0.3 is 12.6 Å². The lowest BCUT2D eigenvalue weighted by Gasteiger charge is -2.38. The Hall–Kier alpha value is -2.67. The number of fused-ring (bicyclic) bond motifs is 3. The second-order valence-corrected chi connectivity index (χ2v) is 7.17. The average Bonchev–Trinajstić information content (AvgIpc) is 3.11. The Balaban J connectivity index is 1.75. The van der Waals surface area contributed by atoms with Crippen LogP contribution < -0.4 is 10.1 Å². The van der Waals surface area contributed by atoms with Gasteiger partial charge in [0.25, 0.3) is 0 Å². The van der Waals surface area contributed by atoms with Crippen LogP contribution >= 0.6 is 11.6 Å². The zero-order valence-electron chi connectivity index (χ0n) is 14.3. The summed E-state index contributed by atoms with van der Waals surface area (Å²) in [6.07, 6.45) is 4.55. The SMILES string of the molecule is O=C(O)c1cc(F)c([C@@H]2Nc3ccc(OC(F)F)cc3[C@@H]3C=CC[C@@H]32)c(Cl)c1. The van der Waals surface area contributed by atoms with Crippen LogP contribution in [0.3, 0.4) is 0 Å². The molecule has 0 spiro atoms. The Morgan fingerprint density at radius 2 is 2.07 bits per heavy atom. The molecule has 0 unspecified atom stereocenters. The predicted molar refractivity (Wildman–Crippen MR) is 97.8 cm³/mol. The molecule has 2 aromatic carbocycles. The third kappa shape index (κ3) is 3.20. The van der Waals surface area contributed by atoms with Gasteiger partial charge in [-0.3, -0.25) is 0 Å². The highest BCUT2D eigenvalue weighted by Crippen LogP contribution is 2.52. The summed E-state index contributed by atoms with van der Waals surface area (Å²) < 4.78 is 44.3. The monoisotopic (exact) mass is 409 g/mol. The van der Waals surface area contributed by atoms with Crippen molar-refractivity contribution in [2.45, 2.75) is 25.0 Å². The molecule has 0 aromatic heterocycles. The van der Waals surface area contributed by atoms with Crippen LogP contribution in [0.15, 0.2) is 42.5 Å². The number of anilines is 1. The minimum absolute atomic E-state index is 0.0293. The lowest BCUT2D eigenvalue weighted by molar-refractivity contribution is -0.0499. The fourth-order valence-corrected chi connectivity index (χ4v) is 4.36. The van der Waals surface area contributed by atoms with Crippen molar-refractivity contribution < 1.29 is 27.8 Å². The van der Waals surface area contributed by atoms with E-state index in [4.69, 9.17) is 16.7 Å². The van der Waals surface area contributed by atoms with Gasteiger partial charge in [0.2, 0.25) is 0 Å². The molecule has 0 fully saturated rings. The predicted octanol–water partition coefficient (Wildman–Crippen LogP) is 5.61. The van der Waals surface area contributed by atoms with Crippen LogP contribution in [0.4, 0.5) is 18.9 Å². The molecule has 4 rings (SSSR count). The zero-order valence-corrected chi connectivity index (χ0v) is 15.1. The summed E-state index contributed by atoms with van der Waals surface area (Å²) in [7, 11) is 0. The van der Waals surface area contributed by atoms with Crippen molar-refractivity contribution in [3.63, 3.8) is 0 Å². The normalized spacial score (nSPS) is 22.5. The number of carboxylic acids is 1. The lowest BCUT2D eigenvalue weighted by atomic mass is 9.76. The van der Waals surface area contributed by atoms with Crippen LogP contribution in [0.5, 0.6) is 5.75 Å². The van der Waals surface area contributed by atoms with Gasteiger partial charge in [-0.25, -0.2) is 9.18 Å². The molecule has 1 aliphatic heterocycles. The second kappa shape index (κ2) is 7.05. The molecule has 2 aromatic rings. The van der Waals surface area contributed by atoms with Crippen LogP contribution in [-0.4, -0.2) is 17.7 Å². The minimum Gasteiger partial charge on any atom is -0.478 e. The molecule has 8 heteroatoms. The maximum atomic E-state index is 14.8. The Morgan fingerprint density at radius 3 is 2.75 bits per heavy atom. The van der Waals surface area contributed by atoms with Crippen LogP contribution in [0, 0.1) is 11.7 Å². The topological polar surface area (TPSA) is 58.6 Å². The summed E-state index contributed by atoms with van der Waals surface area (Å²) >= 11 is 6.25. The van der Waals surface area contributed by atoms with Crippen molar-refractivity contribution >= 4 is 23.3 Å². The highest BCUT2D eigenvalue weighted by atomic mass is 35.5. The van der Waals surface area contributed by atoms with Crippen molar-refractivity contribution in [2.75, 3.05) is 5.32 Å². The molecule has 0 saturated heterocycles. The van der Waals surface area contributed by atoms with E-state index >= 15 is 0 Å². The molecule has 2 aliphatic rings. The van der Waals surface area contributed by atoms with Gasteiger partial charge < -0.3 is 15.2 Å². The minimum atomic E-state index is -2.92. The molecule has 28 heavy (non-hydrogen) atoms. The number of alkyl halides is 2. The number of aromatic carboxylic acids is 1. The van der Waals surface area contributed by atoms with Crippen molar-refractivity contribution in [1.82, 2.24) is 0 Å². The molecule has 146 valence electrons. The van der Waals surface area contributed by atoms with Gasteiger partial charge in [-0.2, -0.15) is 8.78 Å². The van der Waals surface area contributed by atoms with E-state index in [2.05, 4.69) is 10.1 Å². The fourth-order valence-electron chi connectivity index (χ4n) is 4.04. The average molecular weight is 410 g/mol. The molecular weight excluding hydrogens is 395 g/mol. The Bertz CT molecular complexity index is 956. The highest BCUT2D eigenvalue weighted by molar-refractivity contribution is 6.31. The van der Waals surface area contributed by atoms with E-state index in [1.165, 1.54) is 12.1 Å². The maximum Gasteiger partial charge on any atom is 0.387 e. The molecule has 0 radical (unpaired) electrons. The lowest BCUT2D eigenvalue weighted by Crippen LogP contribution is -2.30. The first-order valence-electron chi connectivity index (χ1n) is 8.59. The summed E-state index contributed by atoms with van der Waals surface area (Å²) in [5.41, 5.74) is 1.42. The number of rotatable bonds is 4. The van der Waals surface area contributed by atoms with E-state index in [1.54, 1.807) is 12.1 Å². The van der Waals surface area contributed by atoms with Gasteiger partial charge in [0.1, 0.15) is 11.6 Å². The first-order chi connectivity index (χ1) is 13.3. The van der Waals surface area contributed by atoms with Gasteiger partial charge in [0, 0.05) is 22.2 Å². The summed E-state index contributed by atoms with van der Waals surface area (Å²) in [4.78, 5) is 11.1. The Morgan fingerprint density at radius 1 is 1.29 bits per heavy atom. The summed E-state index contributed by atoms with van der Waals surface area (Å²) in [5.74, 6) is -2.13. The van der Waals surface area contributed by atoms with E-state index < -0.39 is 24.4 Å². The number of halogens is 4. The quantitative estimate of drug-likeness (QED) is 0.645. The molecule has 1 heterocycles. The highest BCUT2D eigenvalue weighted by Gasteiger charge is 2.40. The van der Waals surface area contributed by atoms with Crippen molar-refractivity contribution in [1.29, 1.82) is 0 Å². The molecule has 0 amide bonds. The molecule has 3 atom stereocenters. The summed E-state index contributed by atoms with van der Waals surface area (Å²) in [6, 6.07) is 6.28. The van der Waals surface area contributed by atoms with Crippen LogP contribution in [-0.2, 0) is 0 Å². The van der Waals surface area contributed by atoms with Gasteiger partial charge in [-0.15, -0.1) is 0 Å². The Labute approximate surface area is 163 Å². The van der Waals surface area contributed by atoms with E-state index in [1.807, 2.05) is 12.2 Å². The Kier molecular flexibility index (Phi) is 4.71.